The summed E-state index contributed by atoms with van der Waals surface area (Å²) in [6.07, 6.45) is 1.06. The molecular formula is C28H47NO2Si2. The van der Waals surface area contributed by atoms with Crippen molar-refractivity contribution in [1.82, 2.24) is 4.90 Å². The first-order chi connectivity index (χ1) is 15.3. The highest BCUT2D eigenvalue weighted by atomic mass is 28.4. The van der Waals surface area contributed by atoms with E-state index in [1.807, 2.05) is 0 Å². The standard InChI is InChI=1S/C28H47NO2Si2/c1-22(2)29(23(3)4)19-18-26(25-14-12-11-13-15-25)27-20-24(21-30-32(5,6)7)16-17-28(27)31-33(8,9)10/h11-17,20,22-23,26H,18-19,21H2,1-10H3. The third-order valence-corrected chi connectivity index (χ3v) is 7.58. The van der Waals surface area contributed by atoms with E-state index in [1.165, 1.54) is 16.7 Å². The van der Waals surface area contributed by atoms with Gasteiger partial charge >= 0.3 is 0 Å². The van der Waals surface area contributed by atoms with Crippen molar-refractivity contribution in [2.75, 3.05) is 6.54 Å². The lowest BCUT2D eigenvalue weighted by Gasteiger charge is -2.33. The minimum atomic E-state index is -1.76. The van der Waals surface area contributed by atoms with Gasteiger partial charge in [-0.05, 0) is 103 Å². The largest absolute Gasteiger partial charge is 0.544 e. The van der Waals surface area contributed by atoms with Crippen LogP contribution in [0.5, 0.6) is 5.75 Å². The molecule has 1 atom stereocenters. The molecule has 184 valence electrons. The zero-order valence-electron chi connectivity index (χ0n) is 22.7. The number of hydrogen-bond donors (Lipinski definition) is 0. The van der Waals surface area contributed by atoms with Gasteiger partial charge in [-0.3, -0.25) is 4.90 Å². The van der Waals surface area contributed by atoms with Crippen LogP contribution in [0.3, 0.4) is 0 Å². The van der Waals surface area contributed by atoms with E-state index in [0.29, 0.717) is 18.7 Å². The maximum atomic E-state index is 6.63. The van der Waals surface area contributed by atoms with Crippen LogP contribution in [0.15, 0.2) is 48.5 Å². The molecule has 0 aliphatic carbocycles. The van der Waals surface area contributed by atoms with E-state index >= 15 is 0 Å². The summed E-state index contributed by atoms with van der Waals surface area (Å²) >= 11 is 0. The molecule has 0 N–H and O–H groups in total. The van der Waals surface area contributed by atoms with Crippen molar-refractivity contribution in [3.05, 3.63) is 65.2 Å². The van der Waals surface area contributed by atoms with E-state index in [-0.39, 0.29) is 5.92 Å². The molecule has 0 radical (unpaired) electrons. The first-order valence-electron chi connectivity index (χ1n) is 12.5. The molecule has 0 aliphatic rings. The zero-order valence-corrected chi connectivity index (χ0v) is 24.7. The zero-order chi connectivity index (χ0) is 24.8. The summed E-state index contributed by atoms with van der Waals surface area (Å²) in [6.45, 7) is 24.4. The Bertz CT molecular complexity index is 846. The molecular weight excluding hydrogens is 438 g/mol. The molecule has 2 aromatic rings. The Kier molecular flexibility index (Phi) is 9.98. The van der Waals surface area contributed by atoms with Gasteiger partial charge < -0.3 is 8.85 Å². The maximum absolute atomic E-state index is 6.63. The Hall–Kier alpha value is -1.41. The minimum absolute atomic E-state index is 0.282. The van der Waals surface area contributed by atoms with E-state index in [1.54, 1.807) is 0 Å². The van der Waals surface area contributed by atoms with Crippen LogP contribution in [-0.4, -0.2) is 40.2 Å². The summed E-state index contributed by atoms with van der Waals surface area (Å²) in [6, 6.07) is 18.7. The van der Waals surface area contributed by atoms with Gasteiger partial charge in [0, 0.05) is 23.6 Å². The molecule has 0 fully saturated rings. The van der Waals surface area contributed by atoms with Crippen LogP contribution >= 0.6 is 0 Å². The molecule has 0 spiro atoms. The van der Waals surface area contributed by atoms with Crippen LogP contribution < -0.4 is 4.43 Å². The summed E-state index contributed by atoms with van der Waals surface area (Å²) in [5.74, 6) is 1.32. The Balaban J connectivity index is 2.50. The summed E-state index contributed by atoms with van der Waals surface area (Å²) in [4.78, 5) is 2.59. The number of benzene rings is 2. The predicted molar refractivity (Wildman–Crippen MR) is 148 cm³/mol. The lowest BCUT2D eigenvalue weighted by atomic mass is 9.86. The molecule has 0 saturated heterocycles. The molecule has 2 aromatic carbocycles. The van der Waals surface area contributed by atoms with Crippen LogP contribution in [0.4, 0.5) is 0 Å². The van der Waals surface area contributed by atoms with E-state index in [0.717, 1.165) is 18.7 Å². The monoisotopic (exact) mass is 485 g/mol. The molecule has 2 rings (SSSR count). The second-order valence-electron chi connectivity index (χ2n) is 11.7. The lowest BCUT2D eigenvalue weighted by molar-refractivity contribution is 0.170. The highest BCUT2D eigenvalue weighted by molar-refractivity contribution is 6.70. The van der Waals surface area contributed by atoms with Crippen molar-refractivity contribution < 1.29 is 8.85 Å². The molecule has 0 aliphatic heterocycles. The van der Waals surface area contributed by atoms with Gasteiger partial charge in [0.1, 0.15) is 5.75 Å². The Labute approximate surface area is 205 Å². The normalized spacial score (nSPS) is 13.7. The van der Waals surface area contributed by atoms with Crippen LogP contribution in [-0.2, 0) is 11.0 Å². The van der Waals surface area contributed by atoms with Gasteiger partial charge in [0.2, 0.25) is 8.32 Å². The van der Waals surface area contributed by atoms with Crippen molar-refractivity contribution in [2.45, 2.75) is 98.0 Å². The van der Waals surface area contributed by atoms with E-state index in [4.69, 9.17) is 8.85 Å². The van der Waals surface area contributed by atoms with Gasteiger partial charge in [-0.1, -0.05) is 36.4 Å². The van der Waals surface area contributed by atoms with Gasteiger partial charge in [0.15, 0.2) is 8.32 Å². The van der Waals surface area contributed by atoms with Crippen molar-refractivity contribution in [2.24, 2.45) is 0 Å². The van der Waals surface area contributed by atoms with Crippen molar-refractivity contribution in [1.29, 1.82) is 0 Å². The fraction of sp³-hybridized carbons (Fsp3) is 0.571. The summed E-state index contributed by atoms with van der Waals surface area (Å²) < 4.78 is 12.9. The third kappa shape index (κ3) is 9.40. The van der Waals surface area contributed by atoms with Gasteiger partial charge in [-0.25, -0.2) is 0 Å². The third-order valence-electron chi connectivity index (χ3n) is 5.74. The number of hydrogen-bond acceptors (Lipinski definition) is 3. The average molecular weight is 486 g/mol. The van der Waals surface area contributed by atoms with Gasteiger partial charge in [0.05, 0.1) is 6.61 Å². The van der Waals surface area contributed by atoms with E-state index < -0.39 is 16.6 Å². The van der Waals surface area contributed by atoms with Crippen LogP contribution in [0, 0.1) is 0 Å². The Morgan fingerprint density at radius 2 is 1.39 bits per heavy atom. The molecule has 33 heavy (non-hydrogen) atoms. The summed E-state index contributed by atoms with van der Waals surface area (Å²) in [5.41, 5.74) is 3.89. The Morgan fingerprint density at radius 1 is 0.788 bits per heavy atom. The molecule has 5 heteroatoms. The summed E-state index contributed by atoms with van der Waals surface area (Å²) in [7, 11) is -3.34. The SMILES string of the molecule is CC(C)N(CCC(c1ccccc1)c1cc(CO[Si](C)(C)C)ccc1O[Si](C)(C)C)C(C)C. The fourth-order valence-electron chi connectivity index (χ4n) is 4.26. The van der Waals surface area contributed by atoms with Crippen molar-refractivity contribution >= 4 is 16.6 Å². The maximum Gasteiger partial charge on any atom is 0.242 e. The van der Waals surface area contributed by atoms with E-state index in [9.17, 15) is 0 Å². The molecule has 3 nitrogen and oxygen atoms in total. The number of nitrogens with zero attached hydrogens (tertiary/aromatic N) is 1. The molecule has 1 unspecified atom stereocenters. The fourth-order valence-corrected chi connectivity index (χ4v) is 5.71. The van der Waals surface area contributed by atoms with Crippen molar-refractivity contribution in [3.63, 3.8) is 0 Å². The van der Waals surface area contributed by atoms with Crippen molar-refractivity contribution in [3.8, 4) is 5.75 Å². The molecule has 0 bridgehead atoms. The highest BCUT2D eigenvalue weighted by Crippen LogP contribution is 2.37. The highest BCUT2D eigenvalue weighted by Gasteiger charge is 2.25. The first kappa shape index (κ1) is 27.8. The second kappa shape index (κ2) is 11.8. The second-order valence-corrected chi connectivity index (χ2v) is 20.6. The van der Waals surface area contributed by atoms with Crippen LogP contribution in [0.25, 0.3) is 0 Å². The molecule has 0 amide bonds. The average Bonchev–Trinajstić information content (AvgIpc) is 2.69. The van der Waals surface area contributed by atoms with Gasteiger partial charge in [-0.2, -0.15) is 0 Å². The number of rotatable bonds is 12. The molecule has 0 aromatic heterocycles. The Morgan fingerprint density at radius 3 is 1.91 bits per heavy atom. The quantitative estimate of drug-likeness (QED) is 0.285. The topological polar surface area (TPSA) is 21.7 Å². The first-order valence-corrected chi connectivity index (χ1v) is 19.3. The predicted octanol–water partition coefficient (Wildman–Crippen LogP) is 7.89. The molecule has 0 heterocycles. The smallest absolute Gasteiger partial charge is 0.242 e. The van der Waals surface area contributed by atoms with Crippen LogP contribution in [0.1, 0.15) is 56.7 Å². The molecule has 0 saturated carbocycles. The lowest BCUT2D eigenvalue weighted by Crippen LogP contribution is -2.38. The van der Waals surface area contributed by atoms with E-state index in [2.05, 4.69) is 120 Å². The van der Waals surface area contributed by atoms with Gasteiger partial charge in [-0.15, -0.1) is 0 Å². The summed E-state index contributed by atoms with van der Waals surface area (Å²) in [5, 5.41) is 0. The minimum Gasteiger partial charge on any atom is -0.544 e. The van der Waals surface area contributed by atoms with Gasteiger partial charge in [0.25, 0.3) is 0 Å². The van der Waals surface area contributed by atoms with Crippen LogP contribution in [0.2, 0.25) is 39.3 Å².